The van der Waals surface area contributed by atoms with Crippen LogP contribution in [0.1, 0.15) is 25.5 Å². The van der Waals surface area contributed by atoms with Gasteiger partial charge in [0.25, 0.3) is 0 Å². The zero-order valence-corrected chi connectivity index (χ0v) is 16.0. The number of fused-ring (bicyclic) bond motifs is 3. The van der Waals surface area contributed by atoms with Gasteiger partial charge in [-0.2, -0.15) is 0 Å². The van der Waals surface area contributed by atoms with Crippen molar-refractivity contribution >= 4 is 25.5 Å². The van der Waals surface area contributed by atoms with Gasteiger partial charge in [0, 0.05) is 32.1 Å². The number of hydrogen-bond donors (Lipinski definition) is 2. The highest BCUT2D eigenvalue weighted by molar-refractivity contribution is 7.47. The summed E-state index contributed by atoms with van der Waals surface area (Å²) >= 11 is 0. The van der Waals surface area contributed by atoms with Crippen molar-refractivity contribution in [2.45, 2.75) is 50.1 Å². The largest absolute Gasteiger partial charge is 0.472 e. The summed E-state index contributed by atoms with van der Waals surface area (Å²) in [5, 5.41) is 0. The molecule has 2 saturated heterocycles. The summed E-state index contributed by atoms with van der Waals surface area (Å²) in [7, 11) is -3.05. The first-order valence-corrected chi connectivity index (χ1v) is 10.4. The first kappa shape index (κ1) is 18.9. The van der Waals surface area contributed by atoms with Crippen LogP contribution in [-0.4, -0.2) is 58.7 Å². The van der Waals surface area contributed by atoms with Gasteiger partial charge < -0.3 is 20.1 Å². The van der Waals surface area contributed by atoms with Crippen LogP contribution in [0.3, 0.4) is 0 Å². The lowest BCUT2D eigenvalue weighted by Gasteiger charge is -2.38. The monoisotopic (exact) mass is 398 g/mol. The molecule has 0 aromatic carbocycles. The number of aromatic nitrogens is 2. The smallest absolute Gasteiger partial charge is 0.382 e. The van der Waals surface area contributed by atoms with Crippen LogP contribution in [0.4, 0.5) is 11.5 Å². The molecule has 148 valence electrons. The molecule has 4 heterocycles. The summed E-state index contributed by atoms with van der Waals surface area (Å²) in [6, 6.07) is 0. The maximum absolute atomic E-state index is 12.1. The highest BCUT2D eigenvalue weighted by atomic mass is 31.2. The number of nitrogens with zero attached hydrogens (tertiary/aromatic N) is 3. The van der Waals surface area contributed by atoms with Crippen LogP contribution in [0.25, 0.3) is 0 Å². The molecule has 1 aromatic rings. The van der Waals surface area contributed by atoms with Gasteiger partial charge in [0.1, 0.15) is 29.8 Å². The SMILES string of the molecule is CCC12CCO[C@@H](C1OP(=O)(O)OC)[C@H](C1C=Nc3c(N)ncnc3C1)O2. The van der Waals surface area contributed by atoms with Crippen LogP contribution in [0.2, 0.25) is 0 Å². The van der Waals surface area contributed by atoms with Crippen LogP contribution in [0.5, 0.6) is 0 Å². The molecule has 3 aliphatic heterocycles. The fourth-order valence-corrected chi connectivity index (χ4v) is 4.82. The average molecular weight is 398 g/mol. The maximum Gasteiger partial charge on any atom is 0.472 e. The minimum absolute atomic E-state index is 0.130. The second kappa shape index (κ2) is 6.88. The van der Waals surface area contributed by atoms with Crippen molar-refractivity contribution < 1.29 is 28.0 Å². The fraction of sp³-hybridized carbons (Fsp3) is 0.688. The van der Waals surface area contributed by atoms with Crippen LogP contribution >= 0.6 is 7.82 Å². The minimum Gasteiger partial charge on any atom is -0.382 e. The van der Waals surface area contributed by atoms with Gasteiger partial charge in [-0.15, -0.1) is 0 Å². The Morgan fingerprint density at radius 1 is 1.44 bits per heavy atom. The van der Waals surface area contributed by atoms with Gasteiger partial charge in [0.15, 0.2) is 5.82 Å². The third kappa shape index (κ3) is 3.20. The second-order valence-corrected chi connectivity index (χ2v) is 8.48. The fourth-order valence-electron chi connectivity index (χ4n) is 4.13. The predicted octanol–water partition coefficient (Wildman–Crippen LogP) is 1.40. The van der Waals surface area contributed by atoms with E-state index in [1.807, 2.05) is 6.92 Å². The predicted molar refractivity (Wildman–Crippen MR) is 95.7 cm³/mol. The van der Waals surface area contributed by atoms with Crippen molar-refractivity contribution in [1.82, 2.24) is 9.97 Å². The molecule has 2 fully saturated rings. The Morgan fingerprint density at radius 2 is 2.26 bits per heavy atom. The molecule has 0 saturated carbocycles. The van der Waals surface area contributed by atoms with Gasteiger partial charge in [-0.05, 0) is 6.42 Å². The Balaban J connectivity index is 1.63. The van der Waals surface area contributed by atoms with E-state index in [4.69, 9.17) is 19.7 Å². The highest BCUT2D eigenvalue weighted by Crippen LogP contribution is 2.53. The molecule has 1 aromatic heterocycles. The molecule has 3 N–H and O–H groups in total. The van der Waals surface area contributed by atoms with Crippen LogP contribution in [0.15, 0.2) is 11.3 Å². The number of anilines is 1. The molecule has 3 aliphatic rings. The lowest BCUT2D eigenvalue weighted by atomic mass is 9.84. The number of phosphoric ester groups is 1. The number of hydrogen-bond acceptors (Lipinski definition) is 9. The third-order valence-corrected chi connectivity index (χ3v) is 6.55. The van der Waals surface area contributed by atoms with E-state index >= 15 is 0 Å². The summed E-state index contributed by atoms with van der Waals surface area (Å²) < 4.78 is 34.5. The van der Waals surface area contributed by atoms with E-state index in [-0.39, 0.29) is 12.0 Å². The summed E-state index contributed by atoms with van der Waals surface area (Å²) in [4.78, 5) is 22.5. The molecular weight excluding hydrogens is 375 g/mol. The van der Waals surface area contributed by atoms with Gasteiger partial charge in [-0.1, -0.05) is 6.92 Å². The van der Waals surface area contributed by atoms with Gasteiger partial charge >= 0.3 is 7.82 Å². The van der Waals surface area contributed by atoms with Crippen LogP contribution < -0.4 is 5.73 Å². The lowest BCUT2D eigenvalue weighted by molar-refractivity contribution is -0.118. The van der Waals surface area contributed by atoms with E-state index in [0.717, 1.165) is 12.8 Å². The van der Waals surface area contributed by atoms with E-state index in [1.54, 1.807) is 6.21 Å². The average Bonchev–Trinajstić information content (AvgIpc) is 2.83. The van der Waals surface area contributed by atoms with E-state index in [0.29, 0.717) is 37.4 Å². The zero-order chi connectivity index (χ0) is 19.2. The van der Waals surface area contributed by atoms with Gasteiger partial charge in [0.05, 0.1) is 18.4 Å². The third-order valence-electron chi connectivity index (χ3n) is 5.60. The Hall–Kier alpha value is -1.42. The normalized spacial score (nSPS) is 37.0. The number of aliphatic imine (C=N–C) groups is 1. The number of rotatable bonds is 5. The van der Waals surface area contributed by atoms with Crippen LogP contribution in [0, 0.1) is 5.92 Å². The number of nitrogen functional groups attached to an aromatic ring is 1. The molecule has 27 heavy (non-hydrogen) atoms. The quantitative estimate of drug-likeness (QED) is 0.705. The Morgan fingerprint density at radius 3 is 3.00 bits per heavy atom. The molecule has 4 unspecified atom stereocenters. The van der Waals surface area contributed by atoms with Crippen molar-refractivity contribution in [3.05, 3.63) is 12.0 Å². The Labute approximate surface area is 156 Å². The summed E-state index contributed by atoms with van der Waals surface area (Å²) in [5.74, 6) is 0.208. The Bertz CT molecular complexity index is 807. The Kier molecular flexibility index (Phi) is 4.82. The molecule has 2 bridgehead atoms. The van der Waals surface area contributed by atoms with Crippen molar-refractivity contribution in [1.29, 1.82) is 0 Å². The first-order chi connectivity index (χ1) is 12.9. The molecule has 0 radical (unpaired) electrons. The second-order valence-electron chi connectivity index (χ2n) is 6.96. The van der Waals surface area contributed by atoms with E-state index < -0.39 is 25.6 Å². The molecule has 0 spiro atoms. The van der Waals surface area contributed by atoms with Crippen LogP contribution in [-0.2, 0) is 29.5 Å². The lowest BCUT2D eigenvalue weighted by Crippen LogP contribution is -2.50. The van der Waals surface area contributed by atoms with Crippen molar-refractivity contribution in [2.24, 2.45) is 10.9 Å². The molecule has 0 amide bonds. The maximum atomic E-state index is 12.1. The number of phosphoric acid groups is 1. The molecule has 0 aliphatic carbocycles. The summed E-state index contributed by atoms with van der Waals surface area (Å²) in [5.41, 5.74) is 6.48. The molecule has 10 nitrogen and oxygen atoms in total. The molecule has 6 atom stereocenters. The standard InChI is InChI=1S/C16H23N4O6P/c1-3-16-4-5-24-13(14(16)26-27(21,22)23-2)12(25-16)9-6-10-11(18-7-9)15(17)20-8-19-10/h7-9,12-14H,3-6H2,1-2H3,(H,21,22)(H2,17,19,20)/t9?,12-,13+,14?,16?/m0/s1. The minimum atomic E-state index is -4.19. The number of nitrogens with two attached hydrogens (primary N) is 1. The highest BCUT2D eigenvalue weighted by Gasteiger charge is 2.61. The molecular formula is C16H23N4O6P. The van der Waals surface area contributed by atoms with Gasteiger partial charge in [-0.3, -0.25) is 14.0 Å². The van der Waals surface area contributed by atoms with E-state index in [9.17, 15) is 9.46 Å². The van der Waals surface area contributed by atoms with Gasteiger partial charge in [0.2, 0.25) is 0 Å². The van der Waals surface area contributed by atoms with Crippen molar-refractivity contribution in [2.75, 3.05) is 19.5 Å². The first-order valence-electron chi connectivity index (χ1n) is 8.89. The zero-order valence-electron chi connectivity index (χ0n) is 15.1. The summed E-state index contributed by atoms with van der Waals surface area (Å²) in [6.45, 7) is 2.46. The van der Waals surface area contributed by atoms with Crippen molar-refractivity contribution in [3.8, 4) is 0 Å². The van der Waals surface area contributed by atoms with E-state index in [2.05, 4.69) is 19.5 Å². The summed E-state index contributed by atoms with van der Waals surface area (Å²) in [6.07, 6.45) is 3.33. The van der Waals surface area contributed by atoms with E-state index in [1.165, 1.54) is 6.33 Å². The molecule has 4 rings (SSSR count). The molecule has 11 heteroatoms. The topological polar surface area (TPSA) is 138 Å². The van der Waals surface area contributed by atoms with Gasteiger partial charge in [-0.25, -0.2) is 14.5 Å². The number of ether oxygens (including phenoxy) is 2. The van der Waals surface area contributed by atoms with Crippen molar-refractivity contribution in [3.63, 3.8) is 0 Å².